The van der Waals surface area contributed by atoms with Crippen LogP contribution in [0.25, 0.3) is 0 Å². The number of para-hydroxylation sites is 1. The maximum atomic E-state index is 12.2. The zero-order valence-electron chi connectivity index (χ0n) is 13.5. The van der Waals surface area contributed by atoms with Gasteiger partial charge in [-0.1, -0.05) is 18.2 Å². The molecule has 0 spiro atoms. The van der Waals surface area contributed by atoms with E-state index in [9.17, 15) is 9.59 Å². The Hall–Kier alpha value is -2.82. The van der Waals surface area contributed by atoms with Gasteiger partial charge in [0, 0.05) is 17.3 Å². The number of hydrogen-bond donors (Lipinski definition) is 2. The van der Waals surface area contributed by atoms with Crippen molar-refractivity contribution < 1.29 is 14.3 Å². The Morgan fingerprint density at radius 3 is 2.33 bits per heavy atom. The smallest absolute Gasteiger partial charge is 0.265 e. The summed E-state index contributed by atoms with van der Waals surface area (Å²) in [6.07, 6.45) is 1.49. The normalized spacial score (nSPS) is 14.5. The number of hydrogen-bond acceptors (Lipinski definition) is 3. The van der Waals surface area contributed by atoms with Crippen LogP contribution in [-0.4, -0.2) is 24.0 Å². The van der Waals surface area contributed by atoms with Gasteiger partial charge in [-0.3, -0.25) is 9.59 Å². The molecule has 0 radical (unpaired) electrons. The van der Waals surface area contributed by atoms with Crippen LogP contribution in [0.2, 0.25) is 0 Å². The lowest BCUT2D eigenvalue weighted by Crippen LogP contribution is -2.30. The minimum Gasteiger partial charge on any atom is -0.481 e. The Morgan fingerprint density at radius 1 is 1.04 bits per heavy atom. The van der Waals surface area contributed by atoms with Crippen LogP contribution in [0.3, 0.4) is 0 Å². The summed E-state index contributed by atoms with van der Waals surface area (Å²) >= 11 is 0. The lowest BCUT2D eigenvalue weighted by molar-refractivity contribution is -0.122. The van der Waals surface area contributed by atoms with Crippen molar-refractivity contribution in [3.05, 3.63) is 60.2 Å². The van der Waals surface area contributed by atoms with E-state index in [1.807, 2.05) is 18.2 Å². The van der Waals surface area contributed by atoms with Crippen LogP contribution in [0.4, 0.5) is 5.69 Å². The fourth-order valence-corrected chi connectivity index (χ4v) is 2.20. The lowest BCUT2D eigenvalue weighted by atomic mass is 10.2. The minimum absolute atomic E-state index is 0.0730. The van der Waals surface area contributed by atoms with Gasteiger partial charge in [0.2, 0.25) is 0 Å². The third kappa shape index (κ3) is 4.35. The van der Waals surface area contributed by atoms with Gasteiger partial charge < -0.3 is 15.4 Å². The van der Waals surface area contributed by atoms with Crippen molar-refractivity contribution in [2.24, 2.45) is 0 Å². The molecule has 2 aromatic rings. The molecular formula is C19H20N2O3. The molecular weight excluding hydrogens is 304 g/mol. The van der Waals surface area contributed by atoms with E-state index in [1.54, 1.807) is 43.3 Å². The van der Waals surface area contributed by atoms with Gasteiger partial charge >= 0.3 is 0 Å². The number of amides is 2. The van der Waals surface area contributed by atoms with Gasteiger partial charge in [-0.25, -0.2) is 0 Å². The average molecular weight is 324 g/mol. The van der Waals surface area contributed by atoms with Crippen molar-refractivity contribution in [2.75, 3.05) is 5.32 Å². The van der Waals surface area contributed by atoms with E-state index >= 15 is 0 Å². The van der Waals surface area contributed by atoms with Crippen molar-refractivity contribution >= 4 is 17.5 Å². The second-order valence-electron chi connectivity index (χ2n) is 5.89. The molecule has 5 nitrogen and oxygen atoms in total. The molecule has 2 amide bonds. The summed E-state index contributed by atoms with van der Waals surface area (Å²) in [5.41, 5.74) is 1.22. The SMILES string of the molecule is CC(Oc1ccccc1)C(=O)Nc1ccc(C(=O)NC2CC2)cc1. The van der Waals surface area contributed by atoms with Crippen LogP contribution >= 0.6 is 0 Å². The standard InChI is InChI=1S/C19H20N2O3/c1-13(24-17-5-3-2-4-6-17)18(22)20-15-9-7-14(8-10-15)19(23)21-16-11-12-16/h2-10,13,16H,11-12H2,1H3,(H,20,22)(H,21,23). The molecule has 1 aliphatic carbocycles. The van der Waals surface area contributed by atoms with Crippen molar-refractivity contribution in [1.29, 1.82) is 0 Å². The predicted molar refractivity (Wildman–Crippen MR) is 92.1 cm³/mol. The average Bonchev–Trinajstić information content (AvgIpc) is 3.40. The summed E-state index contributed by atoms with van der Waals surface area (Å²) in [6.45, 7) is 1.69. The summed E-state index contributed by atoms with van der Waals surface area (Å²) < 4.78 is 5.58. The molecule has 1 unspecified atom stereocenters. The third-order valence-corrected chi connectivity index (χ3v) is 3.75. The molecule has 0 heterocycles. The van der Waals surface area contributed by atoms with Crippen LogP contribution in [0.1, 0.15) is 30.1 Å². The minimum atomic E-state index is -0.620. The van der Waals surface area contributed by atoms with E-state index in [0.717, 1.165) is 12.8 Å². The molecule has 0 bridgehead atoms. The Balaban J connectivity index is 1.54. The summed E-state index contributed by atoms with van der Waals surface area (Å²) in [5.74, 6) is 0.331. The summed E-state index contributed by atoms with van der Waals surface area (Å²) in [5, 5.41) is 5.72. The van der Waals surface area contributed by atoms with Crippen molar-refractivity contribution in [2.45, 2.75) is 31.9 Å². The number of benzene rings is 2. The third-order valence-electron chi connectivity index (χ3n) is 3.75. The van der Waals surface area contributed by atoms with Gasteiger partial charge in [-0.15, -0.1) is 0 Å². The molecule has 1 fully saturated rings. The molecule has 2 aromatic carbocycles. The Labute approximate surface area is 141 Å². The maximum Gasteiger partial charge on any atom is 0.265 e. The second kappa shape index (κ2) is 7.17. The van der Waals surface area contributed by atoms with Crippen LogP contribution in [0.15, 0.2) is 54.6 Å². The second-order valence-corrected chi connectivity index (χ2v) is 5.89. The van der Waals surface area contributed by atoms with E-state index < -0.39 is 6.10 Å². The molecule has 2 N–H and O–H groups in total. The molecule has 1 atom stereocenters. The fourth-order valence-electron chi connectivity index (χ4n) is 2.20. The first kappa shape index (κ1) is 16.1. The molecule has 0 aliphatic heterocycles. The summed E-state index contributed by atoms with van der Waals surface area (Å²) in [7, 11) is 0. The van der Waals surface area contributed by atoms with Crippen molar-refractivity contribution in [3.63, 3.8) is 0 Å². The Kier molecular flexibility index (Phi) is 4.79. The van der Waals surface area contributed by atoms with E-state index in [2.05, 4.69) is 10.6 Å². The highest BCUT2D eigenvalue weighted by Crippen LogP contribution is 2.20. The van der Waals surface area contributed by atoms with E-state index in [0.29, 0.717) is 23.0 Å². The van der Waals surface area contributed by atoms with Crippen molar-refractivity contribution in [3.8, 4) is 5.75 Å². The molecule has 124 valence electrons. The zero-order chi connectivity index (χ0) is 16.9. The van der Waals surface area contributed by atoms with Gasteiger partial charge in [-0.05, 0) is 56.2 Å². The van der Waals surface area contributed by atoms with Gasteiger partial charge in [-0.2, -0.15) is 0 Å². The van der Waals surface area contributed by atoms with Gasteiger partial charge in [0.25, 0.3) is 11.8 Å². The van der Waals surface area contributed by atoms with Crippen LogP contribution < -0.4 is 15.4 Å². The van der Waals surface area contributed by atoms with Crippen LogP contribution in [0, 0.1) is 0 Å². The van der Waals surface area contributed by atoms with Crippen LogP contribution in [0.5, 0.6) is 5.75 Å². The van der Waals surface area contributed by atoms with Crippen LogP contribution in [-0.2, 0) is 4.79 Å². The van der Waals surface area contributed by atoms with E-state index in [1.165, 1.54) is 0 Å². The summed E-state index contributed by atoms with van der Waals surface area (Å²) in [6, 6.07) is 16.4. The quantitative estimate of drug-likeness (QED) is 0.858. The number of ether oxygens (including phenoxy) is 1. The molecule has 3 rings (SSSR count). The topological polar surface area (TPSA) is 67.4 Å². The first-order valence-corrected chi connectivity index (χ1v) is 8.05. The number of carbonyl (C=O) groups is 2. The molecule has 5 heteroatoms. The monoisotopic (exact) mass is 324 g/mol. The van der Waals surface area contributed by atoms with E-state index in [-0.39, 0.29) is 11.8 Å². The number of carbonyl (C=O) groups excluding carboxylic acids is 2. The Morgan fingerprint density at radius 2 is 1.71 bits per heavy atom. The zero-order valence-corrected chi connectivity index (χ0v) is 13.5. The van der Waals surface area contributed by atoms with Gasteiger partial charge in [0.15, 0.2) is 6.10 Å². The van der Waals surface area contributed by atoms with Gasteiger partial charge in [0.1, 0.15) is 5.75 Å². The first-order chi connectivity index (χ1) is 11.6. The van der Waals surface area contributed by atoms with Crippen molar-refractivity contribution in [1.82, 2.24) is 5.32 Å². The number of rotatable bonds is 6. The number of anilines is 1. The molecule has 0 saturated heterocycles. The highest BCUT2D eigenvalue weighted by Gasteiger charge is 2.23. The lowest BCUT2D eigenvalue weighted by Gasteiger charge is -2.14. The fraction of sp³-hybridized carbons (Fsp3) is 0.263. The molecule has 24 heavy (non-hydrogen) atoms. The molecule has 0 aromatic heterocycles. The largest absolute Gasteiger partial charge is 0.481 e. The molecule has 1 aliphatic rings. The predicted octanol–water partition coefficient (Wildman–Crippen LogP) is 2.98. The maximum absolute atomic E-state index is 12.2. The number of nitrogens with one attached hydrogen (secondary N) is 2. The van der Waals surface area contributed by atoms with E-state index in [4.69, 9.17) is 4.74 Å². The highest BCUT2D eigenvalue weighted by molar-refractivity contribution is 5.97. The Bertz CT molecular complexity index is 709. The summed E-state index contributed by atoms with van der Waals surface area (Å²) in [4.78, 5) is 24.1. The molecule has 1 saturated carbocycles. The van der Waals surface area contributed by atoms with Gasteiger partial charge in [0.05, 0.1) is 0 Å². The first-order valence-electron chi connectivity index (χ1n) is 8.05. The highest BCUT2D eigenvalue weighted by atomic mass is 16.5.